The number of hydrogen-bond acceptors (Lipinski definition) is 18. The fraction of sp³-hybridized carbons (Fsp3) is 0.731. The van der Waals surface area contributed by atoms with Gasteiger partial charge in [0.05, 0.1) is 11.9 Å². The molecule has 10 atom stereocenters. The predicted molar refractivity (Wildman–Crippen MR) is 142 cm³/mol. The lowest BCUT2D eigenvalue weighted by Crippen LogP contribution is -2.64. The summed E-state index contributed by atoms with van der Waals surface area (Å²) in [5, 5.41) is 8.82. The van der Waals surface area contributed by atoms with Gasteiger partial charge in [-0.15, -0.1) is 11.8 Å². The highest BCUT2D eigenvalue weighted by Crippen LogP contribution is 2.42. The van der Waals surface area contributed by atoms with Crippen molar-refractivity contribution in [1.29, 1.82) is 0 Å². The fourth-order valence-electron chi connectivity index (χ4n) is 4.54. The number of thioether (sulfide) groups is 1. The number of ether oxygens (including phenoxy) is 9. The third-order valence-corrected chi connectivity index (χ3v) is 7.40. The molecule has 18 heteroatoms. The molecule has 2 saturated heterocycles. The molecule has 2 rings (SSSR count). The Morgan fingerprint density at radius 1 is 0.545 bits per heavy atom. The van der Waals surface area contributed by atoms with E-state index in [2.05, 4.69) is 0 Å². The molecule has 0 bridgehead atoms. The number of carbonyl (C=O) groups excluding carboxylic acids is 7. The van der Waals surface area contributed by atoms with Crippen LogP contribution in [0.1, 0.15) is 48.5 Å². The van der Waals surface area contributed by atoms with Crippen molar-refractivity contribution in [2.75, 3.05) is 13.2 Å². The zero-order valence-electron chi connectivity index (χ0n) is 25.1. The molecule has 0 aromatic heterocycles. The molecule has 1 N–H and O–H groups in total. The molecular weight excluding hydrogens is 616 g/mol. The highest BCUT2D eigenvalue weighted by Gasteiger charge is 2.57. The van der Waals surface area contributed by atoms with Crippen LogP contribution in [0.4, 0.5) is 0 Å². The second kappa shape index (κ2) is 16.6. The molecule has 0 aromatic carbocycles. The average molecular weight is 653 g/mol. The Morgan fingerprint density at radius 2 is 1.00 bits per heavy atom. The third-order valence-electron chi connectivity index (χ3n) is 5.90. The third kappa shape index (κ3) is 10.6. The number of carbonyl (C=O) groups is 7. The first kappa shape index (κ1) is 36.7. The molecule has 0 aliphatic carbocycles. The van der Waals surface area contributed by atoms with Crippen molar-refractivity contribution in [1.82, 2.24) is 0 Å². The van der Waals surface area contributed by atoms with E-state index in [1.54, 1.807) is 0 Å². The second-order valence-electron chi connectivity index (χ2n) is 9.65. The normalized spacial score (nSPS) is 31.5. The maximum absolute atomic E-state index is 12.2. The van der Waals surface area contributed by atoms with Crippen LogP contribution in [0.2, 0.25) is 0 Å². The summed E-state index contributed by atoms with van der Waals surface area (Å²) in [4.78, 5) is 84.2. The first-order chi connectivity index (χ1) is 20.5. The van der Waals surface area contributed by atoms with Gasteiger partial charge in [0.1, 0.15) is 30.4 Å². The maximum Gasteiger partial charge on any atom is 0.305 e. The molecule has 0 amide bonds. The van der Waals surface area contributed by atoms with Crippen LogP contribution in [-0.2, 0) is 76.2 Å². The fourth-order valence-corrected chi connectivity index (χ4v) is 6.15. The van der Waals surface area contributed by atoms with E-state index in [1.165, 1.54) is 0 Å². The Labute approximate surface area is 256 Å². The summed E-state index contributed by atoms with van der Waals surface area (Å²) in [6.45, 7) is 6.20. The average Bonchev–Trinajstić information content (AvgIpc) is 2.87. The van der Waals surface area contributed by atoms with Gasteiger partial charge in [-0.3, -0.25) is 33.6 Å². The van der Waals surface area contributed by atoms with Crippen molar-refractivity contribution >= 4 is 53.5 Å². The van der Waals surface area contributed by atoms with Crippen LogP contribution >= 0.6 is 11.8 Å². The van der Waals surface area contributed by atoms with Gasteiger partial charge in [-0.25, -0.2) is 0 Å². The van der Waals surface area contributed by atoms with Crippen LogP contribution in [0, 0.1) is 0 Å². The molecule has 0 unspecified atom stereocenters. The zero-order chi connectivity index (χ0) is 33.3. The van der Waals surface area contributed by atoms with Gasteiger partial charge in [0.15, 0.2) is 24.4 Å². The summed E-state index contributed by atoms with van der Waals surface area (Å²) in [6.07, 6.45) is -11.6. The van der Waals surface area contributed by atoms with Crippen molar-refractivity contribution in [3.63, 3.8) is 0 Å². The zero-order valence-corrected chi connectivity index (χ0v) is 25.9. The topological polar surface area (TPSA) is 223 Å². The van der Waals surface area contributed by atoms with Gasteiger partial charge < -0.3 is 47.7 Å². The summed E-state index contributed by atoms with van der Waals surface area (Å²) in [5.41, 5.74) is -1.41. The van der Waals surface area contributed by atoms with Gasteiger partial charge in [-0.05, 0) is 0 Å². The number of rotatable bonds is 11. The number of aliphatic hydroxyl groups excluding tert-OH is 1. The van der Waals surface area contributed by atoms with Gasteiger partial charge in [0, 0.05) is 48.5 Å². The predicted octanol–water partition coefficient (Wildman–Crippen LogP) is -0.685. The van der Waals surface area contributed by atoms with E-state index < -0.39 is 115 Å². The van der Waals surface area contributed by atoms with Crippen molar-refractivity contribution in [3.05, 3.63) is 0 Å². The van der Waals surface area contributed by atoms with Crippen molar-refractivity contribution in [2.24, 2.45) is 0 Å². The molecule has 17 nitrogen and oxygen atoms in total. The lowest BCUT2D eigenvalue weighted by Gasteiger charge is -2.48. The summed E-state index contributed by atoms with van der Waals surface area (Å²) in [6, 6.07) is 0. The van der Waals surface area contributed by atoms with E-state index >= 15 is 0 Å². The minimum atomic E-state index is -1.61. The summed E-state index contributed by atoms with van der Waals surface area (Å²) >= 11 is 0.723. The van der Waals surface area contributed by atoms with E-state index in [9.17, 15) is 38.7 Å². The lowest BCUT2D eigenvalue weighted by molar-refractivity contribution is -0.267. The highest BCUT2D eigenvalue weighted by molar-refractivity contribution is 8.00. The molecule has 248 valence electrons. The lowest BCUT2D eigenvalue weighted by atomic mass is 9.99. The Kier molecular flexibility index (Phi) is 13.8. The summed E-state index contributed by atoms with van der Waals surface area (Å²) < 4.78 is 49.2. The van der Waals surface area contributed by atoms with Crippen molar-refractivity contribution < 1.29 is 81.3 Å². The Morgan fingerprint density at radius 3 is 1.48 bits per heavy atom. The van der Waals surface area contributed by atoms with E-state index in [0.29, 0.717) is 0 Å². The minimum Gasteiger partial charge on any atom is -0.463 e. The van der Waals surface area contributed by atoms with Gasteiger partial charge in [-0.1, -0.05) is 0 Å². The minimum absolute atomic E-state index is 0.515. The molecule has 2 aliphatic heterocycles. The summed E-state index contributed by atoms with van der Waals surface area (Å²) in [5.74, 6) is -5.81. The molecule has 0 radical (unpaired) electrons. The van der Waals surface area contributed by atoms with Crippen LogP contribution in [-0.4, -0.2) is 120 Å². The number of esters is 7. The Bertz CT molecular complexity index is 1090. The van der Waals surface area contributed by atoms with E-state index in [0.717, 1.165) is 60.2 Å². The molecule has 2 fully saturated rings. The van der Waals surface area contributed by atoms with Crippen LogP contribution in [0.25, 0.3) is 0 Å². The van der Waals surface area contributed by atoms with Gasteiger partial charge in [0.25, 0.3) is 0 Å². The van der Waals surface area contributed by atoms with E-state index in [4.69, 9.17) is 42.6 Å². The first-order valence-electron chi connectivity index (χ1n) is 13.3. The standard InChI is InChI=1S/C26H36O17S/c1-10(28)35-9-18-19(36-11(2)29)21(38-13(4)31)22(39-14(5)32)26(43-18)44-24-20(37-12(3)30)17(8-27)42-25(41-16(7)34)23(24)40-15(6)33/h17-27H,8-9H2,1-7H3/t17-,18-,19-,20-,21+,22-,23-,24+,25-,26+/m1/s1. The smallest absolute Gasteiger partial charge is 0.305 e. The number of hydrogen-bond donors (Lipinski definition) is 1. The van der Waals surface area contributed by atoms with Crippen LogP contribution in [0.5, 0.6) is 0 Å². The molecule has 0 saturated carbocycles. The van der Waals surface area contributed by atoms with Crippen LogP contribution in [0.3, 0.4) is 0 Å². The van der Waals surface area contributed by atoms with Crippen LogP contribution < -0.4 is 0 Å². The maximum atomic E-state index is 12.2. The molecule has 2 heterocycles. The van der Waals surface area contributed by atoms with Gasteiger partial charge in [-0.2, -0.15) is 0 Å². The monoisotopic (exact) mass is 652 g/mol. The molecule has 0 spiro atoms. The van der Waals surface area contributed by atoms with Crippen LogP contribution in [0.15, 0.2) is 0 Å². The summed E-state index contributed by atoms with van der Waals surface area (Å²) in [7, 11) is 0. The Hall–Kier alpha value is -3.48. The first-order valence-corrected chi connectivity index (χ1v) is 14.2. The molecule has 2 aliphatic rings. The largest absolute Gasteiger partial charge is 0.463 e. The van der Waals surface area contributed by atoms with E-state index in [1.807, 2.05) is 0 Å². The second-order valence-corrected chi connectivity index (χ2v) is 10.9. The Balaban J connectivity index is 2.71. The van der Waals surface area contributed by atoms with Crippen molar-refractivity contribution in [3.8, 4) is 0 Å². The molecular formula is C26H36O17S. The van der Waals surface area contributed by atoms with Crippen molar-refractivity contribution in [2.45, 2.75) is 108 Å². The molecule has 44 heavy (non-hydrogen) atoms. The highest BCUT2D eigenvalue weighted by atomic mass is 32.2. The quantitative estimate of drug-likeness (QED) is 0.215. The SMILES string of the molecule is CC(=O)OC[C@H]1O[C@@H](S[C@@H]2[C@@H](OC(C)=O)[C@H](OC(C)=O)O[C@H](CO)[C@H]2OC(C)=O)[C@H](OC(C)=O)[C@@H](OC(C)=O)[C@@H]1OC(C)=O. The van der Waals surface area contributed by atoms with Gasteiger partial charge >= 0.3 is 41.8 Å². The molecule has 0 aromatic rings. The number of aliphatic hydroxyl groups is 1. The van der Waals surface area contributed by atoms with Gasteiger partial charge in [0.2, 0.25) is 6.29 Å². The van der Waals surface area contributed by atoms with E-state index in [-0.39, 0.29) is 0 Å².